The van der Waals surface area contributed by atoms with E-state index in [1.54, 1.807) is 0 Å². The van der Waals surface area contributed by atoms with Crippen LogP contribution in [0.5, 0.6) is 5.75 Å². The van der Waals surface area contributed by atoms with Crippen LogP contribution in [0.15, 0.2) is 24.3 Å². The van der Waals surface area contributed by atoms with Crippen molar-refractivity contribution in [2.45, 2.75) is 20.4 Å². The quantitative estimate of drug-likeness (QED) is 0.718. The molecule has 1 aromatic rings. The number of carbonyl (C=O) groups is 1. The Morgan fingerprint density at radius 1 is 1.43 bits per heavy atom. The van der Waals surface area contributed by atoms with Gasteiger partial charge in [0.15, 0.2) is 0 Å². The van der Waals surface area contributed by atoms with Crippen molar-refractivity contribution in [3.05, 3.63) is 29.8 Å². The Labute approximate surface area is 127 Å². The summed E-state index contributed by atoms with van der Waals surface area (Å²) in [5.41, 5.74) is 6.64. The van der Waals surface area contributed by atoms with Crippen molar-refractivity contribution in [1.82, 2.24) is 10.2 Å². The van der Waals surface area contributed by atoms with Gasteiger partial charge in [-0.15, -0.1) is 0 Å². The molecule has 5 heteroatoms. The highest BCUT2D eigenvalue weighted by Gasteiger charge is 2.07. The molecule has 0 spiro atoms. The second kappa shape index (κ2) is 9.37. The summed E-state index contributed by atoms with van der Waals surface area (Å²) in [7, 11) is 1.91. The molecular weight excluding hydrogens is 266 g/mol. The highest BCUT2D eigenvalue weighted by molar-refractivity contribution is 5.77. The summed E-state index contributed by atoms with van der Waals surface area (Å²) >= 11 is 0. The lowest BCUT2D eigenvalue weighted by atomic mass is 10.2. The van der Waals surface area contributed by atoms with Gasteiger partial charge in [-0.3, -0.25) is 9.69 Å². The standard InChI is InChI=1S/C16H27N3O2/c1-13(2)11-18-16(20)12-19(3)7-8-21-15-6-4-5-14(9-15)10-17/h4-6,9,13H,7-8,10-12,17H2,1-3H3,(H,18,20). The molecule has 0 saturated heterocycles. The van der Waals surface area contributed by atoms with E-state index in [0.717, 1.165) is 17.9 Å². The number of carbonyl (C=O) groups excluding carboxylic acids is 1. The fourth-order valence-electron chi connectivity index (χ4n) is 1.78. The van der Waals surface area contributed by atoms with Gasteiger partial charge in [0.05, 0.1) is 6.54 Å². The number of nitrogens with zero attached hydrogens (tertiary/aromatic N) is 1. The molecule has 0 heterocycles. The summed E-state index contributed by atoms with van der Waals surface area (Å²) in [4.78, 5) is 13.6. The third-order valence-electron chi connectivity index (χ3n) is 3.00. The molecule has 0 aliphatic rings. The molecule has 118 valence electrons. The molecule has 0 fully saturated rings. The summed E-state index contributed by atoms with van der Waals surface area (Å²) in [6.45, 7) is 7.01. The van der Waals surface area contributed by atoms with Gasteiger partial charge in [-0.25, -0.2) is 0 Å². The van der Waals surface area contributed by atoms with E-state index in [0.29, 0.717) is 32.2 Å². The third kappa shape index (κ3) is 7.68. The summed E-state index contributed by atoms with van der Waals surface area (Å²) in [6, 6.07) is 7.75. The number of benzene rings is 1. The number of hydrogen-bond donors (Lipinski definition) is 2. The number of nitrogens with two attached hydrogens (primary N) is 1. The van der Waals surface area contributed by atoms with Crippen molar-refractivity contribution in [3.8, 4) is 5.75 Å². The molecule has 5 nitrogen and oxygen atoms in total. The molecule has 0 aliphatic heterocycles. The average molecular weight is 293 g/mol. The van der Waals surface area contributed by atoms with Crippen LogP contribution >= 0.6 is 0 Å². The zero-order chi connectivity index (χ0) is 15.7. The van der Waals surface area contributed by atoms with Crippen LogP contribution in [0.1, 0.15) is 19.4 Å². The van der Waals surface area contributed by atoms with E-state index in [4.69, 9.17) is 10.5 Å². The minimum Gasteiger partial charge on any atom is -0.492 e. The van der Waals surface area contributed by atoms with Crippen molar-refractivity contribution in [1.29, 1.82) is 0 Å². The lowest BCUT2D eigenvalue weighted by molar-refractivity contribution is -0.122. The van der Waals surface area contributed by atoms with Gasteiger partial charge >= 0.3 is 0 Å². The smallest absolute Gasteiger partial charge is 0.234 e. The highest BCUT2D eigenvalue weighted by atomic mass is 16.5. The number of rotatable bonds is 9. The second-order valence-electron chi connectivity index (χ2n) is 5.64. The highest BCUT2D eigenvalue weighted by Crippen LogP contribution is 2.12. The number of ether oxygens (including phenoxy) is 1. The molecule has 0 saturated carbocycles. The van der Waals surface area contributed by atoms with Gasteiger partial charge in [0.1, 0.15) is 12.4 Å². The van der Waals surface area contributed by atoms with Crippen LogP contribution in [0.3, 0.4) is 0 Å². The zero-order valence-electron chi connectivity index (χ0n) is 13.3. The fourth-order valence-corrected chi connectivity index (χ4v) is 1.78. The van der Waals surface area contributed by atoms with Gasteiger partial charge in [-0.05, 0) is 30.7 Å². The Kier molecular flexibility index (Phi) is 7.79. The Hall–Kier alpha value is -1.59. The predicted molar refractivity (Wildman–Crippen MR) is 85.2 cm³/mol. The van der Waals surface area contributed by atoms with E-state index < -0.39 is 0 Å². The van der Waals surface area contributed by atoms with Gasteiger partial charge in [0.2, 0.25) is 5.91 Å². The normalized spacial score (nSPS) is 11.0. The van der Waals surface area contributed by atoms with E-state index in [9.17, 15) is 4.79 Å². The fraction of sp³-hybridized carbons (Fsp3) is 0.562. The number of nitrogens with one attached hydrogen (secondary N) is 1. The SMILES string of the molecule is CC(C)CNC(=O)CN(C)CCOc1cccc(CN)c1. The first kappa shape index (κ1) is 17.5. The van der Waals surface area contributed by atoms with E-state index >= 15 is 0 Å². The Bertz CT molecular complexity index is 435. The number of likely N-dealkylation sites (N-methyl/N-ethyl adjacent to an activating group) is 1. The van der Waals surface area contributed by atoms with Gasteiger partial charge in [-0.2, -0.15) is 0 Å². The molecule has 1 aromatic carbocycles. The van der Waals surface area contributed by atoms with Crippen LogP contribution in [-0.4, -0.2) is 44.1 Å². The maximum absolute atomic E-state index is 11.7. The van der Waals surface area contributed by atoms with Crippen molar-refractivity contribution in [2.75, 3.05) is 33.3 Å². The molecule has 1 rings (SSSR count). The maximum Gasteiger partial charge on any atom is 0.234 e. The molecule has 1 amide bonds. The van der Waals surface area contributed by atoms with Crippen molar-refractivity contribution < 1.29 is 9.53 Å². The first-order valence-corrected chi connectivity index (χ1v) is 7.38. The molecular formula is C16H27N3O2. The van der Waals surface area contributed by atoms with Gasteiger partial charge in [0, 0.05) is 19.6 Å². The largest absolute Gasteiger partial charge is 0.492 e. The summed E-state index contributed by atoms with van der Waals surface area (Å²) < 4.78 is 5.67. The van der Waals surface area contributed by atoms with Gasteiger partial charge < -0.3 is 15.8 Å². The Morgan fingerprint density at radius 3 is 2.86 bits per heavy atom. The van der Waals surface area contributed by atoms with Crippen LogP contribution in [0, 0.1) is 5.92 Å². The summed E-state index contributed by atoms with van der Waals surface area (Å²) in [5.74, 6) is 1.34. The van der Waals surface area contributed by atoms with Crippen LogP contribution in [0.2, 0.25) is 0 Å². The van der Waals surface area contributed by atoms with Crippen molar-refractivity contribution in [2.24, 2.45) is 11.7 Å². The van der Waals surface area contributed by atoms with E-state index in [2.05, 4.69) is 19.2 Å². The number of hydrogen-bond acceptors (Lipinski definition) is 4. The average Bonchev–Trinajstić information content (AvgIpc) is 2.45. The molecule has 0 aromatic heterocycles. The van der Waals surface area contributed by atoms with Gasteiger partial charge in [-0.1, -0.05) is 26.0 Å². The van der Waals surface area contributed by atoms with Crippen LogP contribution in [0.25, 0.3) is 0 Å². The van der Waals surface area contributed by atoms with Crippen molar-refractivity contribution in [3.63, 3.8) is 0 Å². The minimum absolute atomic E-state index is 0.0522. The third-order valence-corrected chi connectivity index (χ3v) is 3.00. The maximum atomic E-state index is 11.7. The van der Waals surface area contributed by atoms with Crippen LogP contribution in [-0.2, 0) is 11.3 Å². The Balaban J connectivity index is 2.23. The Morgan fingerprint density at radius 2 is 2.19 bits per heavy atom. The minimum atomic E-state index is 0.0522. The number of amides is 1. The lowest BCUT2D eigenvalue weighted by Crippen LogP contribution is -2.38. The van der Waals surface area contributed by atoms with Gasteiger partial charge in [0.25, 0.3) is 0 Å². The first-order valence-electron chi connectivity index (χ1n) is 7.38. The molecule has 0 unspecified atom stereocenters. The second-order valence-corrected chi connectivity index (χ2v) is 5.64. The van der Waals surface area contributed by atoms with E-state index in [1.807, 2.05) is 36.2 Å². The van der Waals surface area contributed by atoms with E-state index in [1.165, 1.54) is 0 Å². The molecule has 0 bridgehead atoms. The van der Waals surface area contributed by atoms with Crippen molar-refractivity contribution >= 4 is 5.91 Å². The lowest BCUT2D eigenvalue weighted by Gasteiger charge is -2.17. The predicted octanol–water partition coefficient (Wildman–Crippen LogP) is 1.23. The molecule has 0 aliphatic carbocycles. The topological polar surface area (TPSA) is 67.6 Å². The summed E-state index contributed by atoms with van der Waals surface area (Å²) in [6.07, 6.45) is 0. The van der Waals surface area contributed by atoms with Crippen LogP contribution < -0.4 is 15.8 Å². The van der Waals surface area contributed by atoms with E-state index in [-0.39, 0.29) is 5.91 Å². The molecule has 21 heavy (non-hydrogen) atoms. The first-order chi connectivity index (χ1) is 10.0. The zero-order valence-corrected chi connectivity index (χ0v) is 13.3. The van der Waals surface area contributed by atoms with Crippen LogP contribution in [0.4, 0.5) is 0 Å². The monoisotopic (exact) mass is 293 g/mol. The molecule has 0 radical (unpaired) electrons. The molecule has 0 atom stereocenters. The summed E-state index contributed by atoms with van der Waals surface area (Å²) in [5, 5.41) is 2.90. The molecule has 3 N–H and O–H groups in total.